The maximum absolute atomic E-state index is 6.08. The first kappa shape index (κ1) is 13.5. The summed E-state index contributed by atoms with van der Waals surface area (Å²) in [6.45, 7) is 5.96. The van der Waals surface area contributed by atoms with E-state index >= 15 is 0 Å². The highest BCUT2D eigenvalue weighted by molar-refractivity contribution is 5.54. The van der Waals surface area contributed by atoms with Gasteiger partial charge in [0.2, 0.25) is 0 Å². The van der Waals surface area contributed by atoms with E-state index in [1.807, 2.05) is 18.3 Å². The van der Waals surface area contributed by atoms with Gasteiger partial charge in [-0.05, 0) is 56.2 Å². The van der Waals surface area contributed by atoms with Crippen molar-refractivity contribution in [1.29, 1.82) is 0 Å². The predicted octanol–water partition coefficient (Wildman–Crippen LogP) is 3.66. The van der Waals surface area contributed by atoms with Crippen LogP contribution < -0.4 is 0 Å². The van der Waals surface area contributed by atoms with Crippen molar-refractivity contribution in [3.05, 3.63) is 35.7 Å². The Kier molecular flexibility index (Phi) is 2.98. The van der Waals surface area contributed by atoms with Gasteiger partial charge >= 0.3 is 0 Å². The van der Waals surface area contributed by atoms with E-state index in [0.717, 1.165) is 17.5 Å². The molecule has 0 N–H and O–H groups in total. The number of aromatic nitrogens is 1. The molecule has 1 aromatic heterocycles. The van der Waals surface area contributed by atoms with Crippen molar-refractivity contribution < 1.29 is 9.47 Å². The van der Waals surface area contributed by atoms with Crippen molar-refractivity contribution in [2.75, 3.05) is 13.2 Å². The largest absolute Gasteiger partial charge is 0.347 e. The maximum atomic E-state index is 6.08. The van der Waals surface area contributed by atoms with Crippen molar-refractivity contribution in [3.63, 3.8) is 0 Å². The second-order valence-electron chi connectivity index (χ2n) is 7.00. The van der Waals surface area contributed by atoms with Crippen LogP contribution in [-0.2, 0) is 9.47 Å². The van der Waals surface area contributed by atoms with E-state index in [9.17, 15) is 0 Å². The van der Waals surface area contributed by atoms with Crippen LogP contribution in [0.25, 0.3) is 6.08 Å². The molecule has 1 aliphatic heterocycles. The minimum atomic E-state index is -0.451. The molecule has 3 heteroatoms. The first-order valence-electron chi connectivity index (χ1n) is 8.03. The lowest BCUT2D eigenvalue weighted by atomic mass is 9.71. The Morgan fingerprint density at radius 2 is 2.05 bits per heavy atom. The van der Waals surface area contributed by atoms with Crippen LogP contribution >= 0.6 is 0 Å². The molecule has 3 atom stereocenters. The van der Waals surface area contributed by atoms with Gasteiger partial charge in [-0.1, -0.05) is 18.6 Å². The molecule has 3 fully saturated rings. The van der Waals surface area contributed by atoms with E-state index in [-0.39, 0.29) is 5.41 Å². The van der Waals surface area contributed by atoms with Crippen LogP contribution in [0.5, 0.6) is 0 Å². The van der Waals surface area contributed by atoms with E-state index in [2.05, 4.69) is 31.0 Å². The first-order chi connectivity index (χ1) is 10.1. The molecule has 1 aromatic rings. The first-order valence-corrected chi connectivity index (χ1v) is 8.03. The summed E-state index contributed by atoms with van der Waals surface area (Å²) in [5, 5.41) is 0. The van der Waals surface area contributed by atoms with Gasteiger partial charge in [-0.25, -0.2) is 0 Å². The second-order valence-corrected chi connectivity index (χ2v) is 7.00. The molecular formula is C18H23NO2. The van der Waals surface area contributed by atoms with Crippen molar-refractivity contribution >= 4 is 6.08 Å². The molecule has 0 unspecified atom stereocenters. The van der Waals surface area contributed by atoms with Crippen LogP contribution in [0.2, 0.25) is 0 Å². The van der Waals surface area contributed by atoms with Gasteiger partial charge in [-0.3, -0.25) is 4.98 Å². The van der Waals surface area contributed by atoms with Gasteiger partial charge in [0.1, 0.15) is 0 Å². The summed E-state index contributed by atoms with van der Waals surface area (Å²) < 4.78 is 12.2. The normalized spacial score (nSPS) is 39.2. The average Bonchev–Trinajstić information content (AvgIpc) is 3.15. The van der Waals surface area contributed by atoms with Crippen LogP contribution in [0.4, 0.5) is 0 Å². The Labute approximate surface area is 126 Å². The fourth-order valence-electron chi connectivity index (χ4n) is 4.75. The lowest BCUT2D eigenvalue weighted by molar-refractivity contribution is -0.209. The highest BCUT2D eigenvalue weighted by Gasteiger charge is 2.63. The molecule has 1 saturated heterocycles. The van der Waals surface area contributed by atoms with E-state index < -0.39 is 5.79 Å². The zero-order valence-electron chi connectivity index (χ0n) is 12.8. The lowest BCUT2D eigenvalue weighted by Crippen LogP contribution is -2.46. The highest BCUT2D eigenvalue weighted by atomic mass is 16.7. The summed E-state index contributed by atoms with van der Waals surface area (Å²) in [5.41, 5.74) is 2.58. The molecule has 2 bridgehead atoms. The van der Waals surface area contributed by atoms with Crippen molar-refractivity contribution in [2.45, 2.75) is 38.9 Å². The number of fused-ring (bicyclic) bond motifs is 2. The summed E-state index contributed by atoms with van der Waals surface area (Å²) in [6, 6.07) is 6.09. The molecule has 112 valence electrons. The minimum absolute atomic E-state index is 0.0467. The predicted molar refractivity (Wildman–Crippen MR) is 81.5 cm³/mol. The fraction of sp³-hybridized carbons (Fsp3) is 0.611. The third-order valence-electron chi connectivity index (χ3n) is 5.90. The van der Waals surface area contributed by atoms with E-state index in [4.69, 9.17) is 9.47 Å². The number of nitrogens with zero attached hydrogens (tertiary/aromatic N) is 1. The molecule has 2 aliphatic carbocycles. The Bertz CT molecular complexity index is 558. The highest BCUT2D eigenvalue weighted by Crippen LogP contribution is 2.66. The van der Waals surface area contributed by atoms with Gasteiger partial charge < -0.3 is 9.47 Å². The lowest BCUT2D eigenvalue weighted by Gasteiger charge is -2.43. The SMILES string of the molecule is C[C@H]1C[C@@]2(C3(C)OCCO3)C[C@@H]1C/C2=C\c1ccccn1. The molecule has 0 amide bonds. The Balaban J connectivity index is 1.76. The summed E-state index contributed by atoms with van der Waals surface area (Å²) in [4.78, 5) is 4.47. The molecule has 0 aromatic carbocycles. The van der Waals surface area contributed by atoms with Crippen molar-refractivity contribution in [1.82, 2.24) is 4.98 Å². The maximum Gasteiger partial charge on any atom is 0.174 e. The Morgan fingerprint density at radius 3 is 2.71 bits per heavy atom. The van der Waals surface area contributed by atoms with Crippen LogP contribution in [-0.4, -0.2) is 24.0 Å². The van der Waals surface area contributed by atoms with Crippen molar-refractivity contribution in [3.8, 4) is 0 Å². The third-order valence-corrected chi connectivity index (χ3v) is 5.90. The van der Waals surface area contributed by atoms with E-state index in [1.54, 1.807) is 0 Å². The number of ether oxygens (including phenoxy) is 2. The molecule has 4 rings (SSSR count). The number of hydrogen-bond acceptors (Lipinski definition) is 3. The van der Waals surface area contributed by atoms with Gasteiger partial charge in [0.15, 0.2) is 5.79 Å². The molecule has 3 aliphatic rings. The number of hydrogen-bond donors (Lipinski definition) is 0. The molecule has 2 heterocycles. The smallest absolute Gasteiger partial charge is 0.174 e. The number of pyridine rings is 1. The zero-order chi connectivity index (χ0) is 14.5. The Morgan fingerprint density at radius 1 is 1.24 bits per heavy atom. The monoisotopic (exact) mass is 285 g/mol. The van der Waals surface area contributed by atoms with E-state index in [1.165, 1.54) is 24.8 Å². The molecule has 3 nitrogen and oxygen atoms in total. The summed E-state index contributed by atoms with van der Waals surface area (Å²) in [6.07, 6.45) is 7.68. The second kappa shape index (κ2) is 4.65. The fourth-order valence-corrected chi connectivity index (χ4v) is 4.75. The molecule has 21 heavy (non-hydrogen) atoms. The summed E-state index contributed by atoms with van der Waals surface area (Å²) >= 11 is 0. The van der Waals surface area contributed by atoms with Crippen LogP contribution in [0.15, 0.2) is 30.0 Å². The van der Waals surface area contributed by atoms with Crippen LogP contribution in [0.1, 0.15) is 38.8 Å². The molecule has 2 saturated carbocycles. The zero-order valence-corrected chi connectivity index (χ0v) is 12.8. The third kappa shape index (κ3) is 1.91. The van der Waals surface area contributed by atoms with Gasteiger partial charge in [0.05, 0.1) is 18.9 Å². The molecule has 0 radical (unpaired) electrons. The number of rotatable bonds is 2. The summed E-state index contributed by atoms with van der Waals surface area (Å²) in [7, 11) is 0. The average molecular weight is 285 g/mol. The van der Waals surface area contributed by atoms with Crippen LogP contribution in [0.3, 0.4) is 0 Å². The quantitative estimate of drug-likeness (QED) is 0.831. The van der Waals surface area contributed by atoms with Gasteiger partial charge in [0.25, 0.3) is 0 Å². The molecule has 0 spiro atoms. The standard InChI is InChI=1S/C18H23NO2/c1-13-11-18(17(2)20-7-8-21-17)12-14(13)9-15(18)10-16-5-3-4-6-19-16/h3-6,10,13-14H,7-9,11-12H2,1-2H3/b15-10+/t13-,14-,18+/m0/s1. The Hall–Kier alpha value is -1.19. The topological polar surface area (TPSA) is 31.4 Å². The van der Waals surface area contributed by atoms with Gasteiger partial charge in [0, 0.05) is 11.6 Å². The molecular weight excluding hydrogens is 262 g/mol. The van der Waals surface area contributed by atoms with Gasteiger partial charge in [-0.2, -0.15) is 0 Å². The van der Waals surface area contributed by atoms with Crippen molar-refractivity contribution in [2.24, 2.45) is 17.3 Å². The minimum Gasteiger partial charge on any atom is -0.347 e. The summed E-state index contributed by atoms with van der Waals surface area (Å²) in [5.74, 6) is 1.08. The van der Waals surface area contributed by atoms with Crippen LogP contribution in [0, 0.1) is 17.3 Å². The van der Waals surface area contributed by atoms with E-state index in [0.29, 0.717) is 13.2 Å². The van der Waals surface area contributed by atoms with Gasteiger partial charge in [-0.15, -0.1) is 0 Å².